The van der Waals surface area contributed by atoms with E-state index in [0.717, 1.165) is 10.8 Å². The standard InChI is InChI=1S/C16H17F2NO3/c1-2-21-15(20)13(19)9-12-11-6-4-3-5-10(11)7-8-14(12)22-16(17)18/h3-8,13,16H,2,9,19H2,1H3. The summed E-state index contributed by atoms with van der Waals surface area (Å²) in [7, 11) is 0. The lowest BCUT2D eigenvalue weighted by atomic mass is 9.98. The number of carbonyl (C=O) groups excluding carboxylic acids is 1. The molecule has 1 atom stereocenters. The van der Waals surface area contributed by atoms with Gasteiger partial charge in [0.15, 0.2) is 0 Å². The van der Waals surface area contributed by atoms with E-state index in [1.54, 1.807) is 25.1 Å². The van der Waals surface area contributed by atoms with Crippen LogP contribution in [-0.4, -0.2) is 25.2 Å². The Kier molecular flexibility index (Phi) is 5.27. The van der Waals surface area contributed by atoms with Gasteiger partial charge in [-0.2, -0.15) is 8.78 Å². The highest BCUT2D eigenvalue weighted by Gasteiger charge is 2.20. The van der Waals surface area contributed by atoms with E-state index in [0.29, 0.717) is 5.56 Å². The van der Waals surface area contributed by atoms with Crippen molar-refractivity contribution < 1.29 is 23.0 Å². The van der Waals surface area contributed by atoms with Gasteiger partial charge in [0.05, 0.1) is 6.61 Å². The maximum absolute atomic E-state index is 12.6. The number of benzene rings is 2. The normalized spacial score (nSPS) is 12.4. The van der Waals surface area contributed by atoms with Crippen molar-refractivity contribution in [1.82, 2.24) is 0 Å². The van der Waals surface area contributed by atoms with Gasteiger partial charge in [0, 0.05) is 12.0 Å². The first-order valence-corrected chi connectivity index (χ1v) is 6.90. The van der Waals surface area contributed by atoms with Gasteiger partial charge in [-0.1, -0.05) is 30.3 Å². The van der Waals surface area contributed by atoms with E-state index in [9.17, 15) is 13.6 Å². The van der Waals surface area contributed by atoms with Crippen LogP contribution in [0.5, 0.6) is 5.75 Å². The predicted octanol–water partition coefficient (Wildman–Crippen LogP) is 2.87. The third-order valence-corrected chi connectivity index (χ3v) is 3.23. The van der Waals surface area contributed by atoms with Crippen LogP contribution in [-0.2, 0) is 16.0 Å². The molecule has 1 unspecified atom stereocenters. The molecule has 2 aromatic rings. The maximum atomic E-state index is 12.6. The largest absolute Gasteiger partial charge is 0.465 e. The molecule has 2 aromatic carbocycles. The molecule has 2 rings (SSSR count). The summed E-state index contributed by atoms with van der Waals surface area (Å²) >= 11 is 0. The van der Waals surface area contributed by atoms with Crippen molar-refractivity contribution in [2.24, 2.45) is 5.73 Å². The molecular formula is C16H17F2NO3. The van der Waals surface area contributed by atoms with Gasteiger partial charge in [-0.3, -0.25) is 4.79 Å². The molecule has 0 saturated carbocycles. The van der Waals surface area contributed by atoms with Crippen molar-refractivity contribution in [2.75, 3.05) is 6.61 Å². The number of esters is 1. The second-order valence-electron chi connectivity index (χ2n) is 4.70. The summed E-state index contributed by atoms with van der Waals surface area (Å²) in [6.07, 6.45) is 0.0578. The van der Waals surface area contributed by atoms with Crippen LogP contribution in [0.2, 0.25) is 0 Å². The Morgan fingerprint density at radius 3 is 2.64 bits per heavy atom. The molecule has 0 aromatic heterocycles. The third-order valence-electron chi connectivity index (χ3n) is 3.23. The van der Waals surface area contributed by atoms with Gasteiger partial charge in [0.25, 0.3) is 0 Å². The first-order valence-electron chi connectivity index (χ1n) is 6.90. The van der Waals surface area contributed by atoms with Crippen LogP contribution in [0.4, 0.5) is 8.78 Å². The van der Waals surface area contributed by atoms with E-state index in [-0.39, 0.29) is 18.8 Å². The zero-order valence-electron chi connectivity index (χ0n) is 12.1. The van der Waals surface area contributed by atoms with Crippen molar-refractivity contribution in [1.29, 1.82) is 0 Å². The van der Waals surface area contributed by atoms with Gasteiger partial charge in [-0.15, -0.1) is 0 Å². The average molecular weight is 309 g/mol. The number of fused-ring (bicyclic) bond motifs is 1. The SMILES string of the molecule is CCOC(=O)C(N)Cc1c(OC(F)F)ccc2ccccc12. The first-order chi connectivity index (χ1) is 10.5. The number of carbonyl (C=O) groups is 1. The molecule has 0 amide bonds. The quantitative estimate of drug-likeness (QED) is 0.834. The molecule has 22 heavy (non-hydrogen) atoms. The molecule has 2 N–H and O–H groups in total. The average Bonchev–Trinajstić information content (AvgIpc) is 2.49. The Labute approximate surface area is 126 Å². The minimum Gasteiger partial charge on any atom is -0.465 e. The Bertz CT molecular complexity index is 661. The van der Waals surface area contributed by atoms with E-state index in [1.165, 1.54) is 6.07 Å². The van der Waals surface area contributed by atoms with Gasteiger partial charge < -0.3 is 15.2 Å². The molecule has 0 radical (unpaired) electrons. The van der Waals surface area contributed by atoms with Crippen molar-refractivity contribution in [3.63, 3.8) is 0 Å². The number of hydrogen-bond donors (Lipinski definition) is 1. The van der Waals surface area contributed by atoms with Crippen LogP contribution < -0.4 is 10.5 Å². The summed E-state index contributed by atoms with van der Waals surface area (Å²) in [5, 5.41) is 1.58. The van der Waals surface area contributed by atoms with Crippen molar-refractivity contribution in [3.8, 4) is 5.75 Å². The third kappa shape index (κ3) is 3.71. The van der Waals surface area contributed by atoms with E-state index in [1.807, 2.05) is 12.1 Å². The summed E-state index contributed by atoms with van der Waals surface area (Å²) in [6.45, 7) is -1.06. The van der Waals surface area contributed by atoms with Gasteiger partial charge in [0.2, 0.25) is 0 Å². The summed E-state index contributed by atoms with van der Waals surface area (Å²) in [6, 6.07) is 9.46. The fourth-order valence-corrected chi connectivity index (χ4v) is 2.29. The van der Waals surface area contributed by atoms with Crippen molar-refractivity contribution in [3.05, 3.63) is 42.0 Å². The monoisotopic (exact) mass is 309 g/mol. The molecule has 0 aliphatic carbocycles. The molecule has 0 fully saturated rings. The van der Waals surface area contributed by atoms with Gasteiger partial charge in [-0.25, -0.2) is 0 Å². The summed E-state index contributed by atoms with van der Waals surface area (Å²) < 4.78 is 34.6. The Morgan fingerprint density at radius 1 is 1.23 bits per heavy atom. The maximum Gasteiger partial charge on any atom is 0.387 e. The second-order valence-corrected chi connectivity index (χ2v) is 4.70. The van der Waals surface area contributed by atoms with E-state index in [4.69, 9.17) is 10.5 Å². The molecule has 0 saturated heterocycles. The Morgan fingerprint density at radius 2 is 1.95 bits per heavy atom. The highest BCUT2D eigenvalue weighted by molar-refractivity contribution is 5.88. The van der Waals surface area contributed by atoms with Crippen LogP contribution in [0.1, 0.15) is 12.5 Å². The van der Waals surface area contributed by atoms with Gasteiger partial charge in [-0.05, 0) is 23.8 Å². The second kappa shape index (κ2) is 7.17. The summed E-state index contributed by atoms with van der Waals surface area (Å²) in [5.74, 6) is -0.549. The fourth-order valence-electron chi connectivity index (χ4n) is 2.29. The lowest BCUT2D eigenvalue weighted by molar-refractivity contribution is -0.144. The van der Waals surface area contributed by atoms with Crippen LogP contribution in [0.25, 0.3) is 10.8 Å². The summed E-state index contributed by atoms with van der Waals surface area (Å²) in [4.78, 5) is 11.7. The molecule has 118 valence electrons. The highest BCUT2D eigenvalue weighted by Crippen LogP contribution is 2.30. The molecule has 0 spiro atoms. The van der Waals surface area contributed by atoms with Crippen LogP contribution in [0.3, 0.4) is 0 Å². The van der Waals surface area contributed by atoms with Crippen LogP contribution in [0, 0.1) is 0 Å². The minimum absolute atomic E-state index is 0.0217. The van der Waals surface area contributed by atoms with Crippen LogP contribution >= 0.6 is 0 Å². The zero-order chi connectivity index (χ0) is 16.1. The topological polar surface area (TPSA) is 61.5 Å². The van der Waals surface area contributed by atoms with Gasteiger partial charge >= 0.3 is 12.6 Å². The van der Waals surface area contributed by atoms with E-state index >= 15 is 0 Å². The molecule has 0 aliphatic heterocycles. The van der Waals surface area contributed by atoms with Crippen molar-refractivity contribution >= 4 is 16.7 Å². The number of alkyl halides is 2. The zero-order valence-corrected chi connectivity index (χ0v) is 12.1. The number of nitrogens with two attached hydrogens (primary N) is 1. The Hall–Kier alpha value is -2.21. The van der Waals surface area contributed by atoms with E-state index in [2.05, 4.69) is 4.74 Å². The molecule has 0 heterocycles. The van der Waals surface area contributed by atoms with E-state index < -0.39 is 18.6 Å². The smallest absolute Gasteiger partial charge is 0.387 e. The highest BCUT2D eigenvalue weighted by atomic mass is 19.3. The number of rotatable bonds is 6. The number of ether oxygens (including phenoxy) is 2. The molecule has 0 aliphatic rings. The lowest BCUT2D eigenvalue weighted by Gasteiger charge is -2.16. The number of halogens is 2. The minimum atomic E-state index is -2.95. The fraction of sp³-hybridized carbons (Fsp3) is 0.312. The Balaban J connectivity index is 2.41. The first kappa shape index (κ1) is 16.2. The molecule has 0 bridgehead atoms. The molecule has 4 nitrogen and oxygen atoms in total. The van der Waals surface area contributed by atoms with Crippen LogP contribution in [0.15, 0.2) is 36.4 Å². The molecule has 6 heteroatoms. The molecular weight excluding hydrogens is 292 g/mol. The predicted molar refractivity (Wildman–Crippen MR) is 78.9 cm³/mol. The van der Waals surface area contributed by atoms with Crippen molar-refractivity contribution in [2.45, 2.75) is 26.0 Å². The summed E-state index contributed by atoms with van der Waals surface area (Å²) in [5.41, 5.74) is 6.28. The number of hydrogen-bond acceptors (Lipinski definition) is 4. The lowest BCUT2D eigenvalue weighted by Crippen LogP contribution is -2.34. The van der Waals surface area contributed by atoms with Gasteiger partial charge in [0.1, 0.15) is 11.8 Å².